The third-order valence-electron chi connectivity index (χ3n) is 2.04. The molecule has 0 bridgehead atoms. The highest BCUT2D eigenvalue weighted by Gasteiger charge is 2.13. The van der Waals surface area contributed by atoms with Crippen LogP contribution in [-0.2, 0) is 17.8 Å². The highest BCUT2D eigenvalue weighted by Crippen LogP contribution is 2.20. The maximum atomic E-state index is 10.5. The number of hydrogen-bond acceptors (Lipinski definition) is 3. The van der Waals surface area contributed by atoms with E-state index in [1.807, 2.05) is 0 Å². The van der Waals surface area contributed by atoms with Crippen molar-refractivity contribution in [2.24, 2.45) is 0 Å². The highest BCUT2D eigenvalue weighted by atomic mass is 35.5. The van der Waals surface area contributed by atoms with Gasteiger partial charge in [-0.15, -0.1) is 0 Å². The number of carbonyl (C=O) groups excluding carboxylic acids is 1. The zero-order valence-corrected chi connectivity index (χ0v) is 7.67. The fourth-order valence-electron chi connectivity index (χ4n) is 1.36. The molecule has 0 saturated heterocycles. The second-order valence-electron chi connectivity index (χ2n) is 2.89. The molecule has 3 nitrogen and oxygen atoms in total. The minimum Gasteiger partial charge on any atom is -0.376 e. The third kappa shape index (κ3) is 1.57. The van der Waals surface area contributed by atoms with Gasteiger partial charge in [0.2, 0.25) is 0 Å². The molecule has 68 valence electrons. The summed E-state index contributed by atoms with van der Waals surface area (Å²) in [4.78, 5) is 14.7. The van der Waals surface area contributed by atoms with Crippen molar-refractivity contribution < 1.29 is 9.53 Å². The van der Waals surface area contributed by atoms with Crippen molar-refractivity contribution in [3.63, 3.8) is 0 Å². The van der Waals surface area contributed by atoms with Gasteiger partial charge in [0.1, 0.15) is 5.15 Å². The van der Waals surface area contributed by atoms with Crippen LogP contribution in [0.4, 0.5) is 0 Å². The van der Waals surface area contributed by atoms with Gasteiger partial charge in [0.05, 0.1) is 18.8 Å². The van der Waals surface area contributed by atoms with Gasteiger partial charge < -0.3 is 4.74 Å². The van der Waals surface area contributed by atoms with E-state index in [0.717, 1.165) is 17.7 Å². The molecule has 1 aliphatic heterocycles. The number of carbonyl (C=O) groups is 1. The van der Waals surface area contributed by atoms with Crippen LogP contribution in [-0.4, -0.2) is 17.9 Å². The Balaban J connectivity index is 2.50. The molecule has 4 heteroatoms. The third-order valence-corrected chi connectivity index (χ3v) is 2.34. The second kappa shape index (κ2) is 3.44. The molecule has 0 saturated carbocycles. The summed E-state index contributed by atoms with van der Waals surface area (Å²) >= 11 is 5.78. The molecule has 0 amide bonds. The first-order valence-corrected chi connectivity index (χ1v) is 4.40. The van der Waals surface area contributed by atoms with Gasteiger partial charge in [-0.2, -0.15) is 0 Å². The summed E-state index contributed by atoms with van der Waals surface area (Å²) in [6.07, 6.45) is 1.48. The Bertz CT molecular complexity index is 352. The van der Waals surface area contributed by atoms with Gasteiger partial charge in [0.15, 0.2) is 6.29 Å². The number of fused-ring (bicyclic) bond motifs is 1. The molecule has 0 spiro atoms. The fourth-order valence-corrected chi connectivity index (χ4v) is 1.56. The van der Waals surface area contributed by atoms with Crippen molar-refractivity contribution in [3.8, 4) is 0 Å². The van der Waals surface area contributed by atoms with Crippen LogP contribution in [0.2, 0.25) is 5.15 Å². The summed E-state index contributed by atoms with van der Waals surface area (Å²) in [6, 6.07) is 1.75. The first-order chi connectivity index (χ1) is 6.31. The molecule has 0 aliphatic carbocycles. The lowest BCUT2D eigenvalue weighted by atomic mass is 10.1. The van der Waals surface area contributed by atoms with Crippen molar-refractivity contribution in [1.82, 2.24) is 4.98 Å². The molecule has 0 unspecified atom stereocenters. The van der Waals surface area contributed by atoms with Gasteiger partial charge in [-0.1, -0.05) is 11.6 Å². The minimum atomic E-state index is 0.288. The van der Waals surface area contributed by atoms with Crippen LogP contribution >= 0.6 is 11.6 Å². The molecule has 1 aromatic heterocycles. The summed E-state index contributed by atoms with van der Waals surface area (Å²) < 4.78 is 5.24. The maximum Gasteiger partial charge on any atom is 0.153 e. The summed E-state index contributed by atoms with van der Waals surface area (Å²) in [6.45, 7) is 1.21. The number of hydrogen-bond donors (Lipinski definition) is 0. The predicted octanol–water partition coefficient (Wildman–Crippen LogP) is 1.62. The van der Waals surface area contributed by atoms with Gasteiger partial charge >= 0.3 is 0 Å². The molecular weight excluding hydrogens is 190 g/mol. The summed E-state index contributed by atoms with van der Waals surface area (Å²) in [5.41, 5.74) is 2.35. The Labute approximate surface area is 80.7 Å². The maximum absolute atomic E-state index is 10.5. The normalized spacial score (nSPS) is 15.2. The summed E-state index contributed by atoms with van der Waals surface area (Å²) in [7, 11) is 0. The zero-order valence-electron chi connectivity index (χ0n) is 6.92. The lowest BCUT2D eigenvalue weighted by molar-refractivity contribution is 0.108. The molecule has 2 heterocycles. The van der Waals surface area contributed by atoms with Crippen molar-refractivity contribution >= 4 is 17.9 Å². The average molecular weight is 198 g/mol. The first-order valence-electron chi connectivity index (χ1n) is 4.02. The van der Waals surface area contributed by atoms with Crippen molar-refractivity contribution in [3.05, 3.63) is 28.0 Å². The Kier molecular flexibility index (Phi) is 2.29. The highest BCUT2D eigenvalue weighted by molar-refractivity contribution is 6.31. The van der Waals surface area contributed by atoms with E-state index in [1.165, 1.54) is 0 Å². The topological polar surface area (TPSA) is 39.2 Å². The molecule has 1 aliphatic rings. The Morgan fingerprint density at radius 1 is 1.62 bits per heavy atom. The van der Waals surface area contributed by atoms with Crippen molar-refractivity contribution in [2.75, 3.05) is 6.61 Å². The van der Waals surface area contributed by atoms with E-state index < -0.39 is 0 Å². The number of ether oxygens (including phenoxy) is 1. The molecule has 0 radical (unpaired) electrons. The smallest absolute Gasteiger partial charge is 0.153 e. The van der Waals surface area contributed by atoms with Gasteiger partial charge in [-0.3, -0.25) is 4.79 Å². The van der Waals surface area contributed by atoms with Crippen molar-refractivity contribution in [2.45, 2.75) is 13.0 Å². The summed E-state index contributed by atoms with van der Waals surface area (Å²) in [5.74, 6) is 0. The van der Waals surface area contributed by atoms with Gasteiger partial charge in [0.25, 0.3) is 0 Å². The molecule has 0 N–H and O–H groups in total. The van der Waals surface area contributed by atoms with E-state index in [-0.39, 0.29) is 5.15 Å². The van der Waals surface area contributed by atoms with Crippen LogP contribution in [0.15, 0.2) is 6.07 Å². The van der Waals surface area contributed by atoms with E-state index >= 15 is 0 Å². The van der Waals surface area contributed by atoms with Crippen LogP contribution < -0.4 is 0 Å². The largest absolute Gasteiger partial charge is 0.376 e. The molecule has 1 aromatic rings. The standard InChI is InChI=1S/C9H8ClNO2/c10-9-6(4-12)3-7-5-13-2-1-8(7)11-9/h3-4H,1-2,5H2. The predicted molar refractivity (Wildman–Crippen MR) is 48.0 cm³/mol. The number of aldehydes is 1. The number of halogens is 1. The lowest BCUT2D eigenvalue weighted by Crippen LogP contribution is -2.12. The molecular formula is C9H8ClNO2. The zero-order chi connectivity index (χ0) is 9.26. The van der Waals surface area contributed by atoms with E-state index in [0.29, 0.717) is 25.1 Å². The molecule has 0 fully saturated rings. The Hall–Kier alpha value is -0.930. The van der Waals surface area contributed by atoms with E-state index in [9.17, 15) is 4.79 Å². The van der Waals surface area contributed by atoms with Crippen LogP contribution in [0.3, 0.4) is 0 Å². The second-order valence-corrected chi connectivity index (χ2v) is 3.25. The minimum absolute atomic E-state index is 0.288. The van der Waals surface area contributed by atoms with Crippen LogP contribution in [0.1, 0.15) is 21.6 Å². The molecule has 0 atom stereocenters. The van der Waals surface area contributed by atoms with E-state index in [2.05, 4.69) is 4.98 Å². The van der Waals surface area contributed by atoms with Crippen LogP contribution in [0, 0.1) is 0 Å². The average Bonchev–Trinajstić information content (AvgIpc) is 2.17. The quantitative estimate of drug-likeness (QED) is 0.507. The van der Waals surface area contributed by atoms with Gasteiger partial charge in [0, 0.05) is 17.7 Å². The monoisotopic (exact) mass is 197 g/mol. The van der Waals surface area contributed by atoms with Crippen molar-refractivity contribution in [1.29, 1.82) is 0 Å². The SMILES string of the molecule is O=Cc1cc2c(nc1Cl)CCOC2. The van der Waals surface area contributed by atoms with Crippen LogP contribution in [0.25, 0.3) is 0 Å². The fraction of sp³-hybridized carbons (Fsp3) is 0.333. The van der Waals surface area contributed by atoms with Gasteiger partial charge in [-0.25, -0.2) is 4.98 Å². The lowest BCUT2D eigenvalue weighted by Gasteiger charge is -2.15. The summed E-state index contributed by atoms with van der Waals surface area (Å²) in [5, 5.41) is 0.288. The Morgan fingerprint density at radius 2 is 2.46 bits per heavy atom. The molecule has 2 rings (SSSR count). The van der Waals surface area contributed by atoms with Crippen LogP contribution in [0.5, 0.6) is 0 Å². The van der Waals surface area contributed by atoms with Gasteiger partial charge in [-0.05, 0) is 6.07 Å². The molecule has 0 aromatic carbocycles. The number of rotatable bonds is 1. The number of nitrogens with zero attached hydrogens (tertiary/aromatic N) is 1. The Morgan fingerprint density at radius 3 is 3.23 bits per heavy atom. The number of pyridine rings is 1. The first kappa shape index (κ1) is 8.66. The molecule has 13 heavy (non-hydrogen) atoms. The van der Waals surface area contributed by atoms with E-state index in [1.54, 1.807) is 6.07 Å². The number of aromatic nitrogens is 1. The van der Waals surface area contributed by atoms with E-state index in [4.69, 9.17) is 16.3 Å².